The first-order chi connectivity index (χ1) is 6.29. The molecular weight excluding hydrogens is 312 g/mol. The van der Waals surface area contributed by atoms with Crippen LogP contribution in [0.2, 0.25) is 0 Å². The first-order valence-electron chi connectivity index (χ1n) is 3.50. The van der Waals surface area contributed by atoms with Gasteiger partial charge in [0.05, 0.1) is 14.2 Å². The lowest BCUT2D eigenvalue weighted by molar-refractivity contribution is 0.355. The van der Waals surface area contributed by atoms with E-state index >= 15 is 0 Å². The fourth-order valence-electron chi connectivity index (χ4n) is 0.729. The Morgan fingerprint density at radius 3 is 2.15 bits per heavy atom. The Morgan fingerprint density at radius 1 is 1.23 bits per heavy atom. The number of rotatable bonds is 2. The molecule has 0 spiro atoms. The fraction of sp³-hybridized carbons (Fsp3) is 0.250. The average Bonchev–Trinajstić information content (AvgIpc) is 2.19. The topological polar surface area (TPSA) is 18.5 Å². The predicted molar refractivity (Wildman–Crippen MR) is 62.0 cm³/mol. The SMILES string of the molecule is COc1c[c]ccc1OC.[Br][Mg][Br]. The van der Waals surface area contributed by atoms with E-state index in [0.717, 1.165) is 5.75 Å². The molecule has 0 saturated carbocycles. The number of methoxy groups -OCH3 is 2. The molecule has 0 atom stereocenters. The van der Waals surface area contributed by atoms with Gasteiger partial charge in [-0.05, 0) is 18.2 Å². The summed E-state index contributed by atoms with van der Waals surface area (Å²) in [6, 6.07) is 8.20. The Bertz CT molecular complexity index is 210. The van der Waals surface area contributed by atoms with E-state index in [0.29, 0.717) is 5.75 Å². The molecule has 0 aliphatic rings. The van der Waals surface area contributed by atoms with E-state index in [1.54, 1.807) is 32.4 Å². The van der Waals surface area contributed by atoms with Gasteiger partial charge in [0.2, 0.25) is 0 Å². The second-order valence-corrected chi connectivity index (χ2v) is 9.96. The van der Waals surface area contributed by atoms with E-state index in [9.17, 15) is 0 Å². The number of hydrogen-bond donors (Lipinski definition) is 0. The third-order valence-corrected chi connectivity index (χ3v) is 1.23. The van der Waals surface area contributed by atoms with Gasteiger partial charge in [-0.15, -0.1) is 0 Å². The minimum atomic E-state index is 0.0417. The average molecular weight is 321 g/mol. The van der Waals surface area contributed by atoms with Gasteiger partial charge in [0.1, 0.15) is 0 Å². The van der Waals surface area contributed by atoms with Crippen LogP contribution in [-0.2, 0) is 0 Å². The second kappa shape index (κ2) is 9.12. The molecule has 0 fully saturated rings. The minimum absolute atomic E-state index is 0.0417. The summed E-state index contributed by atoms with van der Waals surface area (Å²) in [5.74, 6) is 1.45. The van der Waals surface area contributed by atoms with Gasteiger partial charge in [-0.3, -0.25) is 25.8 Å². The summed E-state index contributed by atoms with van der Waals surface area (Å²) < 4.78 is 9.97. The van der Waals surface area contributed by atoms with Crippen LogP contribution in [-0.4, -0.2) is 30.2 Å². The Balaban J connectivity index is 0.000000424. The zero-order chi connectivity index (χ0) is 10.1. The molecule has 13 heavy (non-hydrogen) atoms. The first-order valence-corrected chi connectivity index (χ1v) is 11.3. The molecule has 1 aromatic carbocycles. The van der Waals surface area contributed by atoms with Gasteiger partial charge in [0.15, 0.2) is 11.5 Å². The molecule has 1 aromatic rings. The molecule has 0 saturated heterocycles. The quantitative estimate of drug-likeness (QED) is 0.780. The van der Waals surface area contributed by atoms with Crippen LogP contribution in [0.5, 0.6) is 11.5 Å². The molecule has 5 heteroatoms. The maximum atomic E-state index is 4.99. The highest BCUT2D eigenvalue weighted by atomic mass is 79.9. The Kier molecular flexibility index (Phi) is 9.50. The fourth-order valence-corrected chi connectivity index (χ4v) is 0.729. The van der Waals surface area contributed by atoms with E-state index in [4.69, 9.17) is 9.47 Å². The van der Waals surface area contributed by atoms with Gasteiger partial charge in [-0.25, -0.2) is 0 Å². The molecule has 0 N–H and O–H groups in total. The summed E-state index contributed by atoms with van der Waals surface area (Å²) in [5, 5.41) is 0. The van der Waals surface area contributed by atoms with Crippen LogP contribution in [0.15, 0.2) is 18.2 Å². The van der Waals surface area contributed by atoms with Crippen molar-refractivity contribution in [3.8, 4) is 11.5 Å². The lowest BCUT2D eigenvalue weighted by atomic mass is 10.3. The highest BCUT2D eigenvalue weighted by molar-refractivity contribution is 9.47. The molecule has 0 unspecified atom stereocenters. The smallest absolute Gasteiger partial charge is 0.493 e. The molecule has 0 bridgehead atoms. The standard InChI is InChI=1S/C8H9O2.2BrH.Mg/c1-9-7-5-3-4-6-8(7)10-2;;;/h3,5-6H,1-2H3;2*1H;/q;;;+2/p-2. The maximum absolute atomic E-state index is 4.99. The zero-order valence-corrected chi connectivity index (χ0v) is 12.1. The Hall–Kier alpha value is 0.546. The van der Waals surface area contributed by atoms with Crippen LogP contribution in [0, 0.1) is 6.07 Å². The molecule has 69 valence electrons. The molecule has 0 aromatic heterocycles. The van der Waals surface area contributed by atoms with Crippen molar-refractivity contribution in [3.63, 3.8) is 0 Å². The molecule has 2 nitrogen and oxygen atoms in total. The lowest BCUT2D eigenvalue weighted by Crippen LogP contribution is -1.88. The summed E-state index contributed by atoms with van der Waals surface area (Å²) >= 11 is 6.44. The lowest BCUT2D eigenvalue weighted by Gasteiger charge is -2.04. The first kappa shape index (κ1) is 13.5. The molecule has 0 amide bonds. The molecule has 1 radical (unpaired) electrons. The third kappa shape index (κ3) is 5.77. The number of hydrogen-bond acceptors (Lipinski definition) is 2. The van der Waals surface area contributed by atoms with Crippen LogP contribution >= 0.6 is 25.8 Å². The van der Waals surface area contributed by atoms with Crippen molar-refractivity contribution >= 4 is 41.8 Å². The summed E-state index contributed by atoms with van der Waals surface area (Å²) in [6.45, 7) is 0. The second-order valence-electron chi connectivity index (χ2n) is 1.88. The van der Waals surface area contributed by atoms with E-state index < -0.39 is 0 Å². The zero-order valence-electron chi connectivity index (χ0n) is 7.51. The van der Waals surface area contributed by atoms with Gasteiger partial charge >= 0.3 is 16.0 Å². The summed E-state index contributed by atoms with van der Waals surface area (Å²) in [5.41, 5.74) is 0. The maximum Gasteiger partial charge on any atom is 0.560 e. The third-order valence-electron chi connectivity index (χ3n) is 1.23. The molecule has 1 rings (SSSR count). The number of halogens is 2. The molecule has 0 heterocycles. The van der Waals surface area contributed by atoms with E-state index in [1.807, 2.05) is 0 Å². The highest BCUT2D eigenvalue weighted by Crippen LogP contribution is 2.24. The minimum Gasteiger partial charge on any atom is -0.493 e. The van der Waals surface area contributed by atoms with E-state index in [2.05, 4.69) is 31.8 Å². The van der Waals surface area contributed by atoms with Crippen LogP contribution in [0.1, 0.15) is 0 Å². The van der Waals surface area contributed by atoms with Crippen LogP contribution < -0.4 is 9.47 Å². The highest BCUT2D eigenvalue weighted by Gasteiger charge is 1.97. The van der Waals surface area contributed by atoms with Crippen molar-refractivity contribution in [1.82, 2.24) is 0 Å². The van der Waals surface area contributed by atoms with Crippen molar-refractivity contribution in [3.05, 3.63) is 24.3 Å². The largest absolute Gasteiger partial charge is 0.560 e. The van der Waals surface area contributed by atoms with Gasteiger partial charge in [0, 0.05) is 0 Å². The van der Waals surface area contributed by atoms with Crippen molar-refractivity contribution < 1.29 is 9.47 Å². The van der Waals surface area contributed by atoms with Crippen LogP contribution in [0.25, 0.3) is 0 Å². The Labute approximate surface area is 100 Å². The van der Waals surface area contributed by atoms with Crippen molar-refractivity contribution in [2.45, 2.75) is 0 Å². The monoisotopic (exact) mass is 319 g/mol. The summed E-state index contributed by atoms with van der Waals surface area (Å²) in [7, 11) is 3.21. The number of ether oxygens (including phenoxy) is 2. The Morgan fingerprint density at radius 2 is 1.77 bits per heavy atom. The van der Waals surface area contributed by atoms with Crippen molar-refractivity contribution in [1.29, 1.82) is 0 Å². The summed E-state index contributed by atoms with van der Waals surface area (Å²) in [4.78, 5) is 0. The summed E-state index contributed by atoms with van der Waals surface area (Å²) in [6.07, 6.45) is 0. The van der Waals surface area contributed by atoms with Gasteiger partial charge in [-0.1, -0.05) is 6.07 Å². The van der Waals surface area contributed by atoms with Crippen molar-refractivity contribution in [2.75, 3.05) is 14.2 Å². The van der Waals surface area contributed by atoms with Crippen LogP contribution in [0.3, 0.4) is 0 Å². The van der Waals surface area contributed by atoms with Crippen LogP contribution in [0.4, 0.5) is 0 Å². The predicted octanol–water partition coefficient (Wildman–Crippen LogP) is 2.81. The van der Waals surface area contributed by atoms with E-state index in [-0.39, 0.29) is 16.0 Å². The van der Waals surface area contributed by atoms with E-state index in [1.165, 1.54) is 0 Å². The van der Waals surface area contributed by atoms with Gasteiger partial charge in [0.25, 0.3) is 0 Å². The number of benzene rings is 1. The molecular formula is C8H9Br2MgO2. The molecule has 0 aliphatic carbocycles. The van der Waals surface area contributed by atoms with Gasteiger partial charge < -0.3 is 9.47 Å². The van der Waals surface area contributed by atoms with Crippen molar-refractivity contribution in [2.24, 2.45) is 0 Å². The van der Waals surface area contributed by atoms with Gasteiger partial charge in [-0.2, -0.15) is 0 Å². The molecule has 0 aliphatic heterocycles. The normalized spacial score (nSPS) is 7.69.